The van der Waals surface area contributed by atoms with Crippen LogP contribution in [0.3, 0.4) is 0 Å². The second-order valence-electron chi connectivity index (χ2n) is 5.09. The summed E-state index contributed by atoms with van der Waals surface area (Å²) in [6.07, 6.45) is 1.48. The first-order valence-electron chi connectivity index (χ1n) is 7.05. The van der Waals surface area contributed by atoms with Gasteiger partial charge in [-0.05, 0) is 52.7 Å². The van der Waals surface area contributed by atoms with E-state index in [2.05, 4.69) is 43.1 Å². The van der Waals surface area contributed by atoms with Crippen molar-refractivity contribution in [1.82, 2.24) is 15.0 Å². The molecule has 0 radical (unpaired) electrons. The number of nitrogens with one attached hydrogen (secondary N) is 1. The molecule has 0 amide bonds. The standard InChI is InChI=1S/C16H16BrN5O/c1-9(10-3-5-13(23-2)12(17)7-10)21-15-11-4-6-14(18)22-16(11)20-8-19-15/h3-9H,1-2H3,(H3,18,19,20,21,22). The SMILES string of the molecule is COc1ccc(C(C)Nc2ncnc3nc(N)ccc23)cc1Br. The summed E-state index contributed by atoms with van der Waals surface area (Å²) in [6.45, 7) is 2.06. The number of ether oxygens (including phenoxy) is 1. The molecule has 1 atom stereocenters. The predicted molar refractivity (Wildman–Crippen MR) is 94.5 cm³/mol. The van der Waals surface area contributed by atoms with Crippen LogP contribution in [0.25, 0.3) is 11.0 Å². The molecule has 23 heavy (non-hydrogen) atoms. The Morgan fingerprint density at radius 3 is 2.78 bits per heavy atom. The molecule has 0 fully saturated rings. The number of benzene rings is 1. The van der Waals surface area contributed by atoms with E-state index in [-0.39, 0.29) is 6.04 Å². The molecule has 0 bridgehead atoms. The second kappa shape index (κ2) is 6.37. The summed E-state index contributed by atoms with van der Waals surface area (Å²) in [5.74, 6) is 1.96. The van der Waals surface area contributed by atoms with E-state index in [1.54, 1.807) is 13.2 Å². The van der Waals surface area contributed by atoms with Crippen LogP contribution >= 0.6 is 15.9 Å². The molecule has 7 heteroatoms. The van der Waals surface area contributed by atoms with Crippen LogP contribution in [-0.4, -0.2) is 22.1 Å². The summed E-state index contributed by atoms with van der Waals surface area (Å²) >= 11 is 3.51. The van der Waals surface area contributed by atoms with E-state index in [0.29, 0.717) is 11.5 Å². The number of fused-ring (bicyclic) bond motifs is 1. The molecule has 3 rings (SSSR count). The van der Waals surface area contributed by atoms with E-state index in [1.807, 2.05) is 24.3 Å². The Labute approximate surface area is 142 Å². The Balaban J connectivity index is 1.91. The molecule has 0 aliphatic heterocycles. The van der Waals surface area contributed by atoms with E-state index in [9.17, 15) is 0 Å². The maximum Gasteiger partial charge on any atom is 0.166 e. The minimum absolute atomic E-state index is 0.0489. The minimum Gasteiger partial charge on any atom is -0.496 e. The van der Waals surface area contributed by atoms with E-state index < -0.39 is 0 Å². The zero-order valence-corrected chi connectivity index (χ0v) is 14.3. The molecule has 2 aromatic heterocycles. The molecule has 0 aliphatic rings. The van der Waals surface area contributed by atoms with Crippen molar-refractivity contribution in [3.05, 3.63) is 46.7 Å². The monoisotopic (exact) mass is 373 g/mol. The van der Waals surface area contributed by atoms with E-state index in [0.717, 1.165) is 27.0 Å². The van der Waals surface area contributed by atoms with Gasteiger partial charge in [-0.2, -0.15) is 0 Å². The maximum absolute atomic E-state index is 5.70. The third-order valence-corrected chi connectivity index (χ3v) is 4.17. The van der Waals surface area contributed by atoms with Gasteiger partial charge in [-0.3, -0.25) is 0 Å². The highest BCUT2D eigenvalue weighted by Gasteiger charge is 2.12. The predicted octanol–water partition coefficient (Wildman–Crippen LogP) is 3.55. The maximum atomic E-state index is 5.70. The molecular weight excluding hydrogens is 358 g/mol. The number of anilines is 2. The van der Waals surface area contributed by atoms with Crippen molar-refractivity contribution >= 4 is 38.6 Å². The molecule has 6 nitrogen and oxygen atoms in total. The molecule has 1 unspecified atom stereocenters. The largest absolute Gasteiger partial charge is 0.496 e. The van der Waals surface area contributed by atoms with Crippen LogP contribution in [0.15, 0.2) is 41.1 Å². The van der Waals surface area contributed by atoms with Crippen molar-refractivity contribution in [2.24, 2.45) is 0 Å². The van der Waals surface area contributed by atoms with Crippen LogP contribution < -0.4 is 15.8 Å². The van der Waals surface area contributed by atoms with Gasteiger partial charge in [0.15, 0.2) is 5.65 Å². The van der Waals surface area contributed by atoms with E-state index in [1.165, 1.54) is 6.33 Å². The molecule has 3 N–H and O–H groups in total. The number of hydrogen-bond acceptors (Lipinski definition) is 6. The number of nitrogens with zero attached hydrogens (tertiary/aromatic N) is 3. The van der Waals surface area contributed by atoms with Gasteiger partial charge in [0.2, 0.25) is 0 Å². The number of hydrogen-bond donors (Lipinski definition) is 2. The van der Waals surface area contributed by atoms with Crippen molar-refractivity contribution in [2.45, 2.75) is 13.0 Å². The summed E-state index contributed by atoms with van der Waals surface area (Å²) < 4.78 is 6.17. The fourth-order valence-corrected chi connectivity index (χ4v) is 2.87. The first kappa shape index (κ1) is 15.5. The normalized spacial score (nSPS) is 12.1. The fourth-order valence-electron chi connectivity index (χ4n) is 2.31. The van der Waals surface area contributed by atoms with Crippen LogP contribution in [0.2, 0.25) is 0 Å². The van der Waals surface area contributed by atoms with Gasteiger partial charge in [0.05, 0.1) is 23.0 Å². The van der Waals surface area contributed by atoms with Gasteiger partial charge < -0.3 is 15.8 Å². The van der Waals surface area contributed by atoms with Gasteiger partial charge in [0.25, 0.3) is 0 Å². The third kappa shape index (κ3) is 3.19. The van der Waals surface area contributed by atoms with Crippen molar-refractivity contribution in [2.75, 3.05) is 18.2 Å². The molecule has 0 saturated heterocycles. The summed E-state index contributed by atoms with van der Waals surface area (Å²) in [5, 5.41) is 4.23. The molecule has 2 heterocycles. The van der Waals surface area contributed by atoms with Crippen LogP contribution in [0.5, 0.6) is 5.75 Å². The average Bonchev–Trinajstić information content (AvgIpc) is 2.54. The lowest BCUT2D eigenvalue weighted by Crippen LogP contribution is -2.09. The Bertz CT molecular complexity index is 855. The van der Waals surface area contributed by atoms with Crippen molar-refractivity contribution < 1.29 is 4.74 Å². The molecule has 0 saturated carbocycles. The second-order valence-corrected chi connectivity index (χ2v) is 5.94. The highest BCUT2D eigenvalue weighted by molar-refractivity contribution is 9.10. The van der Waals surface area contributed by atoms with Gasteiger partial charge >= 0.3 is 0 Å². The first-order valence-corrected chi connectivity index (χ1v) is 7.85. The number of rotatable bonds is 4. The number of nitrogen functional groups attached to an aromatic ring is 1. The van der Waals surface area contributed by atoms with Crippen LogP contribution in [0.4, 0.5) is 11.6 Å². The Hall–Kier alpha value is -2.41. The number of nitrogens with two attached hydrogens (primary N) is 1. The van der Waals surface area contributed by atoms with E-state index >= 15 is 0 Å². The number of halogens is 1. The minimum atomic E-state index is 0.0489. The summed E-state index contributed by atoms with van der Waals surface area (Å²) in [5.41, 5.74) is 7.38. The lowest BCUT2D eigenvalue weighted by molar-refractivity contribution is 0.412. The lowest BCUT2D eigenvalue weighted by Gasteiger charge is -2.17. The quantitative estimate of drug-likeness (QED) is 0.727. The fraction of sp³-hybridized carbons (Fsp3) is 0.188. The Morgan fingerprint density at radius 1 is 1.22 bits per heavy atom. The number of pyridine rings is 1. The van der Waals surface area contributed by atoms with Gasteiger partial charge in [0, 0.05) is 0 Å². The summed E-state index contributed by atoms with van der Waals surface area (Å²) in [6, 6.07) is 9.63. The van der Waals surface area contributed by atoms with Crippen LogP contribution in [0, 0.1) is 0 Å². The third-order valence-electron chi connectivity index (χ3n) is 3.55. The number of aromatic nitrogens is 3. The zero-order chi connectivity index (χ0) is 16.4. The molecule has 118 valence electrons. The van der Waals surface area contributed by atoms with Gasteiger partial charge in [-0.25, -0.2) is 15.0 Å². The molecule has 0 spiro atoms. The van der Waals surface area contributed by atoms with Crippen LogP contribution in [-0.2, 0) is 0 Å². The average molecular weight is 374 g/mol. The Kier molecular flexibility index (Phi) is 4.29. The van der Waals surface area contributed by atoms with Gasteiger partial charge in [-0.1, -0.05) is 6.07 Å². The number of methoxy groups -OCH3 is 1. The summed E-state index contributed by atoms with van der Waals surface area (Å²) in [4.78, 5) is 12.7. The molecular formula is C16H16BrN5O. The lowest BCUT2D eigenvalue weighted by atomic mass is 10.1. The highest BCUT2D eigenvalue weighted by Crippen LogP contribution is 2.30. The van der Waals surface area contributed by atoms with Crippen LogP contribution in [0.1, 0.15) is 18.5 Å². The molecule has 3 aromatic rings. The van der Waals surface area contributed by atoms with Crippen molar-refractivity contribution in [3.8, 4) is 5.75 Å². The molecule has 1 aromatic carbocycles. The van der Waals surface area contributed by atoms with Gasteiger partial charge in [0.1, 0.15) is 23.7 Å². The van der Waals surface area contributed by atoms with E-state index in [4.69, 9.17) is 10.5 Å². The topological polar surface area (TPSA) is 86.0 Å². The van der Waals surface area contributed by atoms with Gasteiger partial charge in [-0.15, -0.1) is 0 Å². The zero-order valence-electron chi connectivity index (χ0n) is 12.7. The van der Waals surface area contributed by atoms with Crippen molar-refractivity contribution in [3.63, 3.8) is 0 Å². The Morgan fingerprint density at radius 2 is 2.04 bits per heavy atom. The summed E-state index contributed by atoms with van der Waals surface area (Å²) in [7, 11) is 1.65. The molecule has 0 aliphatic carbocycles. The van der Waals surface area contributed by atoms with Crippen molar-refractivity contribution in [1.29, 1.82) is 0 Å². The highest BCUT2D eigenvalue weighted by atomic mass is 79.9. The first-order chi connectivity index (χ1) is 11.1. The smallest absolute Gasteiger partial charge is 0.166 e.